The minimum atomic E-state index is -1.60. The number of esters is 1. The summed E-state index contributed by atoms with van der Waals surface area (Å²) < 4.78 is 4.93. The highest BCUT2D eigenvalue weighted by molar-refractivity contribution is 6.87. The van der Waals surface area contributed by atoms with Crippen molar-refractivity contribution in [1.29, 1.82) is 0 Å². The second-order valence-corrected chi connectivity index (χ2v) is 10.7. The van der Waals surface area contributed by atoms with Gasteiger partial charge in [0.2, 0.25) is 0 Å². The number of hydrogen-bond acceptors (Lipinski definition) is 2. The lowest BCUT2D eigenvalue weighted by Gasteiger charge is -2.21. The molecule has 0 aliphatic carbocycles. The number of rotatable bonds is 7. The van der Waals surface area contributed by atoms with E-state index in [1.165, 1.54) is 38.4 Å². The molecule has 0 rings (SSSR count). The zero-order valence-electron chi connectivity index (χ0n) is 12.4. The van der Waals surface area contributed by atoms with Gasteiger partial charge in [0.25, 0.3) is 0 Å². The van der Waals surface area contributed by atoms with Crippen LogP contribution in [-0.4, -0.2) is 21.2 Å². The van der Waals surface area contributed by atoms with Crippen molar-refractivity contribution in [3.05, 3.63) is 10.8 Å². The van der Waals surface area contributed by atoms with Gasteiger partial charge in [-0.15, -0.1) is 0 Å². The van der Waals surface area contributed by atoms with Gasteiger partial charge < -0.3 is 4.74 Å². The first-order chi connectivity index (χ1) is 7.84. The predicted molar refractivity (Wildman–Crippen MR) is 76.8 cm³/mol. The Bertz CT molecular complexity index is 274. The summed E-state index contributed by atoms with van der Waals surface area (Å²) in [5.41, 5.74) is 1.24. The topological polar surface area (TPSA) is 26.3 Å². The molecule has 0 saturated heterocycles. The molecule has 0 atom stereocenters. The minimum absolute atomic E-state index is 0.114. The number of allylic oxidation sites excluding steroid dienone is 1. The largest absolute Gasteiger partial charge is 0.466 e. The lowest BCUT2D eigenvalue weighted by molar-refractivity contribution is -0.135. The Morgan fingerprint density at radius 3 is 2.12 bits per heavy atom. The average molecular weight is 256 g/mol. The molecular formula is C14H28O2Si. The van der Waals surface area contributed by atoms with Crippen LogP contribution in [0.25, 0.3) is 0 Å². The van der Waals surface area contributed by atoms with Gasteiger partial charge in [-0.1, -0.05) is 51.4 Å². The summed E-state index contributed by atoms with van der Waals surface area (Å²) in [5.74, 6) is -0.114. The molecule has 0 saturated carbocycles. The molecule has 0 heterocycles. The van der Waals surface area contributed by atoms with Gasteiger partial charge in [-0.25, -0.2) is 4.79 Å². The molecule has 100 valence electrons. The van der Waals surface area contributed by atoms with Crippen LogP contribution in [0, 0.1) is 0 Å². The van der Waals surface area contributed by atoms with Crippen molar-refractivity contribution in [3.8, 4) is 0 Å². The quantitative estimate of drug-likeness (QED) is 0.293. The van der Waals surface area contributed by atoms with Crippen LogP contribution in [0.15, 0.2) is 10.8 Å². The van der Waals surface area contributed by atoms with Crippen molar-refractivity contribution in [2.75, 3.05) is 7.11 Å². The van der Waals surface area contributed by atoms with Crippen LogP contribution in [0.5, 0.6) is 0 Å². The Hall–Kier alpha value is -0.573. The maximum atomic E-state index is 11.8. The van der Waals surface area contributed by atoms with E-state index in [1.54, 1.807) is 0 Å². The van der Waals surface area contributed by atoms with Gasteiger partial charge in [-0.2, -0.15) is 0 Å². The monoisotopic (exact) mass is 256 g/mol. The highest BCUT2D eigenvalue weighted by Gasteiger charge is 2.28. The Morgan fingerprint density at radius 2 is 1.71 bits per heavy atom. The van der Waals surface area contributed by atoms with Crippen LogP contribution >= 0.6 is 0 Å². The molecule has 0 aromatic heterocycles. The predicted octanol–water partition coefficient (Wildman–Crippen LogP) is 4.32. The summed E-state index contributed by atoms with van der Waals surface area (Å²) in [6.07, 6.45) is 6.02. The third-order valence-corrected chi connectivity index (χ3v) is 5.10. The fraction of sp³-hybridized carbons (Fsp3) is 0.786. The fourth-order valence-electron chi connectivity index (χ4n) is 2.16. The first kappa shape index (κ1) is 16.4. The van der Waals surface area contributed by atoms with E-state index in [-0.39, 0.29) is 5.97 Å². The SMILES string of the molecule is CCCCCCC(C)=C(C(=O)OC)[Si](C)(C)C. The van der Waals surface area contributed by atoms with Crippen molar-refractivity contribution < 1.29 is 9.53 Å². The molecule has 0 aromatic carbocycles. The average Bonchev–Trinajstić information content (AvgIpc) is 2.22. The van der Waals surface area contributed by atoms with E-state index in [2.05, 4.69) is 33.5 Å². The van der Waals surface area contributed by atoms with Gasteiger partial charge in [-0.3, -0.25) is 0 Å². The molecule has 0 unspecified atom stereocenters. The molecule has 3 heteroatoms. The molecule has 0 amide bonds. The summed E-state index contributed by atoms with van der Waals surface area (Å²) >= 11 is 0. The molecule has 17 heavy (non-hydrogen) atoms. The van der Waals surface area contributed by atoms with Gasteiger partial charge >= 0.3 is 5.97 Å². The van der Waals surface area contributed by atoms with Crippen LogP contribution in [0.1, 0.15) is 46.0 Å². The van der Waals surface area contributed by atoms with Crippen molar-refractivity contribution in [1.82, 2.24) is 0 Å². The normalized spacial score (nSPS) is 13.3. The molecule has 0 spiro atoms. The molecule has 0 radical (unpaired) electrons. The van der Waals surface area contributed by atoms with Gasteiger partial charge in [0.15, 0.2) is 0 Å². The Kier molecular flexibility index (Phi) is 7.44. The number of unbranched alkanes of at least 4 members (excludes halogenated alkanes) is 3. The summed E-state index contributed by atoms with van der Waals surface area (Å²) in [6.45, 7) is 10.9. The second-order valence-electron chi connectivity index (χ2n) is 5.71. The van der Waals surface area contributed by atoms with Crippen LogP contribution in [0.2, 0.25) is 19.6 Å². The minimum Gasteiger partial charge on any atom is -0.466 e. The van der Waals surface area contributed by atoms with Crippen molar-refractivity contribution in [2.24, 2.45) is 0 Å². The molecule has 0 aromatic rings. The maximum absolute atomic E-state index is 11.8. The number of hydrogen-bond donors (Lipinski definition) is 0. The first-order valence-electron chi connectivity index (χ1n) is 6.63. The summed E-state index contributed by atoms with van der Waals surface area (Å²) in [7, 11) is -0.118. The van der Waals surface area contributed by atoms with E-state index >= 15 is 0 Å². The first-order valence-corrected chi connectivity index (χ1v) is 10.1. The Labute approximate surface area is 107 Å². The van der Waals surface area contributed by atoms with Gasteiger partial charge in [-0.05, 0) is 19.8 Å². The number of methoxy groups -OCH3 is 1. The third kappa shape index (κ3) is 6.06. The molecule has 2 nitrogen and oxygen atoms in total. The van der Waals surface area contributed by atoms with E-state index in [0.29, 0.717) is 0 Å². The molecule has 0 N–H and O–H groups in total. The zero-order valence-corrected chi connectivity index (χ0v) is 13.4. The smallest absolute Gasteiger partial charge is 0.329 e. The summed E-state index contributed by atoms with van der Waals surface area (Å²) in [6, 6.07) is 0. The van der Waals surface area contributed by atoms with Gasteiger partial charge in [0.1, 0.15) is 0 Å². The van der Waals surface area contributed by atoms with Crippen LogP contribution in [-0.2, 0) is 9.53 Å². The Balaban J connectivity index is 4.69. The lowest BCUT2D eigenvalue weighted by Crippen LogP contribution is -2.31. The standard InChI is InChI=1S/C14H28O2Si/c1-7-8-9-10-11-12(2)13(14(15)16-3)17(4,5)6/h7-11H2,1-6H3. The van der Waals surface area contributed by atoms with Crippen LogP contribution in [0.4, 0.5) is 0 Å². The Morgan fingerprint density at radius 1 is 1.12 bits per heavy atom. The highest BCUT2D eigenvalue weighted by Crippen LogP contribution is 2.23. The zero-order chi connectivity index (χ0) is 13.5. The maximum Gasteiger partial charge on any atom is 0.329 e. The molecule has 0 fully saturated rings. The summed E-state index contributed by atoms with van der Waals surface area (Å²) in [5, 5.41) is 0.983. The second kappa shape index (κ2) is 7.70. The fourth-order valence-corrected chi connectivity index (χ4v) is 4.28. The van der Waals surface area contributed by atoms with Gasteiger partial charge in [0, 0.05) is 5.20 Å². The van der Waals surface area contributed by atoms with E-state index in [9.17, 15) is 4.79 Å². The molecular weight excluding hydrogens is 228 g/mol. The van der Waals surface area contributed by atoms with Crippen molar-refractivity contribution >= 4 is 14.0 Å². The number of carbonyl (C=O) groups is 1. The molecule has 0 bridgehead atoms. The molecule has 0 aliphatic rings. The van der Waals surface area contributed by atoms with Crippen LogP contribution < -0.4 is 0 Å². The number of ether oxygens (including phenoxy) is 1. The van der Waals surface area contributed by atoms with Crippen molar-refractivity contribution in [2.45, 2.75) is 65.6 Å². The highest BCUT2D eigenvalue weighted by atomic mass is 28.3. The van der Waals surface area contributed by atoms with E-state index in [4.69, 9.17) is 4.74 Å². The van der Waals surface area contributed by atoms with E-state index < -0.39 is 8.07 Å². The third-order valence-electron chi connectivity index (χ3n) is 2.97. The number of carbonyl (C=O) groups excluding carboxylic acids is 1. The lowest BCUT2D eigenvalue weighted by atomic mass is 10.1. The van der Waals surface area contributed by atoms with Crippen molar-refractivity contribution in [3.63, 3.8) is 0 Å². The van der Waals surface area contributed by atoms with Gasteiger partial charge in [0.05, 0.1) is 15.2 Å². The summed E-state index contributed by atoms with van der Waals surface area (Å²) in [4.78, 5) is 11.8. The van der Waals surface area contributed by atoms with Crippen LogP contribution in [0.3, 0.4) is 0 Å². The molecule has 0 aliphatic heterocycles. The van der Waals surface area contributed by atoms with E-state index in [1.807, 2.05) is 0 Å². The van der Waals surface area contributed by atoms with E-state index in [0.717, 1.165) is 11.6 Å².